The molecule has 0 spiro atoms. The minimum Gasteiger partial charge on any atom is -0.497 e. The van der Waals surface area contributed by atoms with Gasteiger partial charge in [-0.3, -0.25) is 4.79 Å². The summed E-state index contributed by atoms with van der Waals surface area (Å²) >= 11 is 0. The minimum atomic E-state index is -0.560. The number of rotatable bonds is 6. The molecule has 0 fully saturated rings. The van der Waals surface area contributed by atoms with Crippen molar-refractivity contribution in [3.05, 3.63) is 65.7 Å². The molecular weight excluding hydrogens is 312 g/mol. The Hall–Kier alpha value is -2.04. The van der Waals surface area contributed by atoms with Crippen LogP contribution in [0.5, 0.6) is 5.75 Å². The first-order chi connectivity index (χ1) is 10.6. The lowest BCUT2D eigenvalue weighted by Crippen LogP contribution is -2.42. The highest BCUT2D eigenvalue weighted by Crippen LogP contribution is 2.18. The molecule has 1 amide bonds. The zero-order valence-electron chi connectivity index (χ0n) is 13.4. The van der Waals surface area contributed by atoms with E-state index in [0.717, 1.165) is 16.9 Å². The lowest BCUT2D eigenvalue weighted by atomic mass is 10.0. The maximum Gasteiger partial charge on any atom is 0.237 e. The Morgan fingerprint density at radius 2 is 1.87 bits per heavy atom. The second kappa shape index (κ2) is 9.18. The van der Waals surface area contributed by atoms with Crippen LogP contribution in [0.4, 0.5) is 0 Å². The highest BCUT2D eigenvalue weighted by atomic mass is 35.5. The Kier molecular flexibility index (Phi) is 7.59. The molecule has 0 heterocycles. The molecule has 0 aliphatic rings. The first-order valence-corrected chi connectivity index (χ1v) is 7.34. The first kappa shape index (κ1) is 19.0. The Labute approximate surface area is 143 Å². The normalized spacial score (nSPS) is 12.7. The van der Waals surface area contributed by atoms with Crippen molar-refractivity contribution in [2.75, 3.05) is 7.11 Å². The van der Waals surface area contributed by atoms with Crippen molar-refractivity contribution in [2.45, 2.75) is 25.4 Å². The maximum atomic E-state index is 12.2. The van der Waals surface area contributed by atoms with Gasteiger partial charge in [0, 0.05) is 0 Å². The molecule has 0 bridgehead atoms. The van der Waals surface area contributed by atoms with Crippen LogP contribution in [0.25, 0.3) is 0 Å². The van der Waals surface area contributed by atoms with Gasteiger partial charge < -0.3 is 15.8 Å². The zero-order valence-corrected chi connectivity index (χ0v) is 14.2. The molecule has 2 rings (SSSR count). The van der Waals surface area contributed by atoms with E-state index >= 15 is 0 Å². The van der Waals surface area contributed by atoms with Crippen LogP contribution in [0.3, 0.4) is 0 Å². The Balaban J connectivity index is 0.00000264. The second-order valence-electron chi connectivity index (χ2n) is 5.30. The monoisotopic (exact) mass is 334 g/mol. The number of nitrogens with one attached hydrogen (secondary N) is 1. The van der Waals surface area contributed by atoms with E-state index in [-0.39, 0.29) is 24.4 Å². The second-order valence-corrected chi connectivity index (χ2v) is 5.30. The van der Waals surface area contributed by atoms with Gasteiger partial charge in [0.2, 0.25) is 5.91 Å². The summed E-state index contributed by atoms with van der Waals surface area (Å²) in [7, 11) is 1.62. The van der Waals surface area contributed by atoms with E-state index in [1.54, 1.807) is 7.11 Å². The third-order valence-corrected chi connectivity index (χ3v) is 3.59. The van der Waals surface area contributed by atoms with Crippen LogP contribution in [-0.2, 0) is 11.2 Å². The number of benzene rings is 2. The number of nitrogens with two attached hydrogens (primary N) is 1. The van der Waals surface area contributed by atoms with E-state index in [4.69, 9.17) is 10.5 Å². The molecule has 0 aliphatic heterocycles. The van der Waals surface area contributed by atoms with Gasteiger partial charge in [0.25, 0.3) is 0 Å². The smallest absolute Gasteiger partial charge is 0.237 e. The van der Waals surface area contributed by atoms with Crippen molar-refractivity contribution in [1.82, 2.24) is 5.32 Å². The third-order valence-electron chi connectivity index (χ3n) is 3.59. The summed E-state index contributed by atoms with van der Waals surface area (Å²) in [6.07, 6.45) is 0.525. The van der Waals surface area contributed by atoms with Crippen LogP contribution in [0, 0.1) is 0 Å². The number of halogens is 1. The molecule has 0 aromatic heterocycles. The molecule has 2 aromatic rings. The minimum absolute atomic E-state index is 0. The summed E-state index contributed by atoms with van der Waals surface area (Å²) in [6, 6.07) is 16.7. The number of hydrogen-bond donors (Lipinski definition) is 2. The highest BCUT2D eigenvalue weighted by molar-refractivity contribution is 5.85. The zero-order chi connectivity index (χ0) is 15.9. The van der Waals surface area contributed by atoms with Gasteiger partial charge in [-0.2, -0.15) is 0 Å². The van der Waals surface area contributed by atoms with Crippen molar-refractivity contribution in [1.29, 1.82) is 0 Å². The van der Waals surface area contributed by atoms with Gasteiger partial charge in [-0.25, -0.2) is 0 Å². The standard InChI is InChI=1S/C18H22N2O2.ClH/c1-13(15-9-6-10-16(12-15)22-2)20-18(21)17(19)11-14-7-4-3-5-8-14;/h3-10,12-13,17H,11,19H2,1-2H3,(H,20,21);1H. The van der Waals surface area contributed by atoms with Crippen LogP contribution in [0.2, 0.25) is 0 Å². The number of hydrogen-bond acceptors (Lipinski definition) is 3. The summed E-state index contributed by atoms with van der Waals surface area (Å²) in [6.45, 7) is 1.93. The fourth-order valence-electron chi connectivity index (χ4n) is 2.28. The number of methoxy groups -OCH3 is 1. The van der Waals surface area contributed by atoms with Crippen molar-refractivity contribution in [3.63, 3.8) is 0 Å². The van der Waals surface area contributed by atoms with Gasteiger partial charge >= 0.3 is 0 Å². The Morgan fingerprint density at radius 3 is 2.52 bits per heavy atom. The Morgan fingerprint density at radius 1 is 1.17 bits per heavy atom. The van der Waals surface area contributed by atoms with E-state index in [0.29, 0.717) is 6.42 Å². The van der Waals surface area contributed by atoms with Crippen LogP contribution in [0.1, 0.15) is 24.1 Å². The lowest BCUT2D eigenvalue weighted by Gasteiger charge is -2.18. The Bertz CT molecular complexity index is 619. The summed E-state index contributed by atoms with van der Waals surface area (Å²) in [5, 5.41) is 2.95. The van der Waals surface area contributed by atoms with Gasteiger partial charge in [0.15, 0.2) is 0 Å². The quantitative estimate of drug-likeness (QED) is 0.853. The predicted octanol–water partition coefficient (Wildman–Crippen LogP) is 2.86. The summed E-state index contributed by atoms with van der Waals surface area (Å²) in [5.41, 5.74) is 8.04. The van der Waals surface area contributed by atoms with E-state index in [9.17, 15) is 4.79 Å². The number of amides is 1. The predicted molar refractivity (Wildman–Crippen MR) is 94.9 cm³/mol. The molecule has 0 radical (unpaired) electrons. The first-order valence-electron chi connectivity index (χ1n) is 7.34. The average molecular weight is 335 g/mol. The topological polar surface area (TPSA) is 64.3 Å². The van der Waals surface area contributed by atoms with Crippen molar-refractivity contribution in [2.24, 2.45) is 5.73 Å². The summed E-state index contributed by atoms with van der Waals surface area (Å²) in [4.78, 5) is 12.2. The van der Waals surface area contributed by atoms with Crippen LogP contribution in [0.15, 0.2) is 54.6 Å². The van der Waals surface area contributed by atoms with Crippen molar-refractivity contribution in [3.8, 4) is 5.75 Å². The van der Waals surface area contributed by atoms with Crippen LogP contribution in [-0.4, -0.2) is 19.1 Å². The maximum absolute atomic E-state index is 12.2. The third kappa shape index (κ3) is 5.58. The molecule has 5 heteroatoms. The van der Waals surface area contributed by atoms with Crippen LogP contribution >= 0.6 is 12.4 Å². The number of carbonyl (C=O) groups is 1. The summed E-state index contributed by atoms with van der Waals surface area (Å²) in [5.74, 6) is 0.617. The van der Waals surface area contributed by atoms with Gasteiger partial charge in [-0.05, 0) is 36.6 Å². The lowest BCUT2D eigenvalue weighted by molar-refractivity contribution is -0.123. The molecule has 2 unspecified atom stereocenters. The van der Waals surface area contributed by atoms with E-state index < -0.39 is 6.04 Å². The molecule has 2 aromatic carbocycles. The summed E-state index contributed by atoms with van der Waals surface area (Å²) < 4.78 is 5.20. The number of carbonyl (C=O) groups excluding carboxylic acids is 1. The van der Waals surface area contributed by atoms with E-state index in [1.807, 2.05) is 61.5 Å². The van der Waals surface area contributed by atoms with Crippen molar-refractivity contribution >= 4 is 18.3 Å². The molecular formula is C18H23ClN2O2. The van der Waals surface area contributed by atoms with E-state index in [1.165, 1.54) is 0 Å². The average Bonchev–Trinajstić information content (AvgIpc) is 2.55. The largest absolute Gasteiger partial charge is 0.497 e. The van der Waals surface area contributed by atoms with Gasteiger partial charge in [-0.15, -0.1) is 12.4 Å². The molecule has 0 aliphatic carbocycles. The van der Waals surface area contributed by atoms with Gasteiger partial charge in [0.05, 0.1) is 19.2 Å². The number of ether oxygens (including phenoxy) is 1. The molecule has 0 saturated heterocycles. The molecule has 0 saturated carbocycles. The highest BCUT2D eigenvalue weighted by Gasteiger charge is 2.17. The molecule has 124 valence electrons. The van der Waals surface area contributed by atoms with Crippen LogP contribution < -0.4 is 15.8 Å². The molecule has 2 atom stereocenters. The fourth-order valence-corrected chi connectivity index (χ4v) is 2.28. The SMILES string of the molecule is COc1cccc(C(C)NC(=O)C(N)Cc2ccccc2)c1.Cl. The van der Waals surface area contributed by atoms with E-state index in [2.05, 4.69) is 5.32 Å². The molecule has 23 heavy (non-hydrogen) atoms. The van der Waals surface area contributed by atoms with Gasteiger partial charge in [-0.1, -0.05) is 42.5 Å². The fraction of sp³-hybridized carbons (Fsp3) is 0.278. The van der Waals surface area contributed by atoms with Gasteiger partial charge in [0.1, 0.15) is 5.75 Å². The molecule has 4 nitrogen and oxygen atoms in total. The van der Waals surface area contributed by atoms with Crippen molar-refractivity contribution < 1.29 is 9.53 Å². The molecule has 3 N–H and O–H groups in total.